The number of allylic oxidation sites excluding steroid dienone is 2. The van der Waals surface area contributed by atoms with Gasteiger partial charge in [-0.05, 0) is 26.9 Å². The molecule has 0 fully saturated rings. The number of hydrogen-bond donors (Lipinski definition) is 0. The normalized spacial score (nSPS) is 11.9. The molecule has 0 aromatic heterocycles. The van der Waals surface area contributed by atoms with Gasteiger partial charge in [-0.1, -0.05) is 0 Å². The molecule has 0 bridgehead atoms. The van der Waals surface area contributed by atoms with Gasteiger partial charge in [-0.15, -0.1) is 0 Å². The van der Waals surface area contributed by atoms with Gasteiger partial charge in [0.25, 0.3) is 0 Å². The average Bonchev–Trinajstić information content (AvgIpc) is 1.58. The van der Waals surface area contributed by atoms with Gasteiger partial charge in [-0.3, -0.25) is 4.79 Å². The van der Waals surface area contributed by atoms with Crippen molar-refractivity contribution in [3.8, 4) is 0 Å². The lowest BCUT2D eigenvalue weighted by molar-refractivity contribution is -0.112. The highest BCUT2D eigenvalue weighted by Crippen LogP contribution is 1.97. The molecule has 0 heterocycles. The number of ketones is 1. The second-order valence-corrected chi connectivity index (χ2v) is 4.87. The van der Waals surface area contributed by atoms with Gasteiger partial charge >= 0.3 is 0 Å². The smallest absolute Gasteiger partial charge is 0.229 e. The SMILES string of the molecule is CC(=O)C=C(C)O[SiH](C)C. The second kappa shape index (κ2) is 4.28. The van der Waals surface area contributed by atoms with Gasteiger partial charge in [0, 0.05) is 6.08 Å². The zero-order valence-electron chi connectivity index (χ0n) is 6.97. The van der Waals surface area contributed by atoms with Gasteiger partial charge in [-0.2, -0.15) is 0 Å². The van der Waals surface area contributed by atoms with Crippen molar-refractivity contribution in [1.29, 1.82) is 0 Å². The van der Waals surface area contributed by atoms with E-state index >= 15 is 0 Å². The summed E-state index contributed by atoms with van der Waals surface area (Å²) in [5, 5.41) is 0. The van der Waals surface area contributed by atoms with Crippen LogP contribution in [0.2, 0.25) is 13.1 Å². The molecule has 0 aromatic carbocycles. The van der Waals surface area contributed by atoms with Crippen molar-refractivity contribution in [1.82, 2.24) is 0 Å². The molecular formula is C7H14O2Si. The predicted octanol–water partition coefficient (Wildman–Crippen LogP) is 1.48. The maximum Gasteiger partial charge on any atom is 0.229 e. The Morgan fingerprint density at radius 3 is 2.20 bits per heavy atom. The zero-order valence-corrected chi connectivity index (χ0v) is 8.13. The summed E-state index contributed by atoms with van der Waals surface area (Å²) in [4.78, 5) is 10.5. The summed E-state index contributed by atoms with van der Waals surface area (Å²) in [5.74, 6) is 0.793. The molecule has 0 amide bonds. The first-order valence-electron chi connectivity index (χ1n) is 3.38. The molecule has 0 atom stereocenters. The van der Waals surface area contributed by atoms with Crippen LogP contribution in [0.5, 0.6) is 0 Å². The molecule has 0 aliphatic rings. The van der Waals surface area contributed by atoms with E-state index in [0.717, 1.165) is 5.76 Å². The van der Waals surface area contributed by atoms with Crippen LogP contribution < -0.4 is 0 Å². The van der Waals surface area contributed by atoms with Crippen LogP contribution in [0.3, 0.4) is 0 Å². The summed E-state index contributed by atoms with van der Waals surface area (Å²) in [5.41, 5.74) is 0. The molecule has 0 aliphatic carbocycles. The minimum Gasteiger partial charge on any atom is -0.550 e. The van der Waals surface area contributed by atoms with Crippen LogP contribution in [-0.4, -0.2) is 14.8 Å². The van der Waals surface area contributed by atoms with E-state index in [1.807, 2.05) is 6.92 Å². The third kappa shape index (κ3) is 5.56. The first kappa shape index (κ1) is 9.43. The van der Waals surface area contributed by atoms with E-state index in [4.69, 9.17) is 4.43 Å². The van der Waals surface area contributed by atoms with E-state index in [-0.39, 0.29) is 5.78 Å². The highest BCUT2D eigenvalue weighted by Gasteiger charge is 1.97. The van der Waals surface area contributed by atoms with Crippen molar-refractivity contribution in [3.05, 3.63) is 11.8 Å². The summed E-state index contributed by atoms with van der Waals surface area (Å²) in [6.45, 7) is 7.47. The molecule has 0 aromatic rings. The van der Waals surface area contributed by atoms with Gasteiger partial charge in [0.2, 0.25) is 9.04 Å². The monoisotopic (exact) mass is 158 g/mol. The van der Waals surface area contributed by atoms with E-state index in [2.05, 4.69) is 13.1 Å². The highest BCUT2D eigenvalue weighted by atomic mass is 28.3. The van der Waals surface area contributed by atoms with Gasteiger partial charge in [0.15, 0.2) is 5.78 Å². The van der Waals surface area contributed by atoms with Crippen LogP contribution in [-0.2, 0) is 9.22 Å². The Kier molecular flexibility index (Phi) is 4.03. The molecule has 10 heavy (non-hydrogen) atoms. The summed E-state index contributed by atoms with van der Waals surface area (Å²) in [6, 6.07) is 0. The first-order chi connectivity index (χ1) is 4.52. The van der Waals surface area contributed by atoms with Crippen LogP contribution in [0.25, 0.3) is 0 Å². The fourth-order valence-electron chi connectivity index (χ4n) is 0.692. The van der Waals surface area contributed by atoms with Crippen molar-refractivity contribution in [2.45, 2.75) is 26.9 Å². The molecule has 0 N–H and O–H groups in total. The quantitative estimate of drug-likeness (QED) is 0.353. The molecule has 0 radical (unpaired) electrons. The third-order valence-electron chi connectivity index (χ3n) is 0.828. The highest BCUT2D eigenvalue weighted by molar-refractivity contribution is 6.48. The summed E-state index contributed by atoms with van der Waals surface area (Å²) in [6.07, 6.45) is 1.52. The van der Waals surface area contributed by atoms with E-state index in [9.17, 15) is 4.79 Å². The predicted molar refractivity (Wildman–Crippen MR) is 44.4 cm³/mol. The van der Waals surface area contributed by atoms with Crippen LogP contribution >= 0.6 is 0 Å². The molecule has 58 valence electrons. The molecule has 0 spiro atoms. The lowest BCUT2D eigenvalue weighted by Crippen LogP contribution is -2.06. The van der Waals surface area contributed by atoms with Gasteiger partial charge < -0.3 is 4.43 Å². The Morgan fingerprint density at radius 1 is 1.40 bits per heavy atom. The Hall–Kier alpha value is -0.573. The zero-order chi connectivity index (χ0) is 8.15. The maximum absolute atomic E-state index is 10.5. The second-order valence-electron chi connectivity index (χ2n) is 2.53. The van der Waals surface area contributed by atoms with Crippen molar-refractivity contribution in [3.63, 3.8) is 0 Å². The van der Waals surface area contributed by atoms with Crippen LogP contribution in [0.1, 0.15) is 13.8 Å². The molecule has 2 nitrogen and oxygen atoms in total. The summed E-state index contributed by atoms with van der Waals surface area (Å²) < 4.78 is 5.34. The standard InChI is InChI=1S/C7H14O2Si/c1-6(8)5-7(2)9-10(3)4/h5,10H,1-4H3. The van der Waals surface area contributed by atoms with Crippen LogP contribution in [0.15, 0.2) is 11.8 Å². The first-order valence-corrected chi connectivity index (χ1v) is 6.16. The largest absolute Gasteiger partial charge is 0.550 e. The minimum absolute atomic E-state index is 0.0483. The lowest BCUT2D eigenvalue weighted by Gasteiger charge is -2.07. The van der Waals surface area contributed by atoms with Crippen molar-refractivity contribution in [2.75, 3.05) is 0 Å². The number of hydrogen-bond acceptors (Lipinski definition) is 2. The van der Waals surface area contributed by atoms with E-state index < -0.39 is 9.04 Å². The number of rotatable bonds is 3. The van der Waals surface area contributed by atoms with Gasteiger partial charge in [0.05, 0.1) is 5.76 Å². The topological polar surface area (TPSA) is 26.3 Å². The van der Waals surface area contributed by atoms with E-state index in [1.165, 1.54) is 13.0 Å². The van der Waals surface area contributed by atoms with Gasteiger partial charge in [0.1, 0.15) is 0 Å². The third-order valence-corrected chi connectivity index (χ3v) is 1.67. The lowest BCUT2D eigenvalue weighted by atomic mass is 10.4. The molecular weight excluding hydrogens is 144 g/mol. The van der Waals surface area contributed by atoms with E-state index in [1.54, 1.807) is 0 Å². The summed E-state index contributed by atoms with van der Waals surface area (Å²) in [7, 11) is -1.01. The Morgan fingerprint density at radius 2 is 1.90 bits per heavy atom. The Balaban J connectivity index is 3.83. The Labute approximate surface area is 63.6 Å². The fourth-order valence-corrected chi connectivity index (χ4v) is 1.50. The molecule has 0 unspecified atom stereocenters. The maximum atomic E-state index is 10.5. The number of carbonyl (C=O) groups excluding carboxylic acids is 1. The summed E-state index contributed by atoms with van der Waals surface area (Å²) >= 11 is 0. The van der Waals surface area contributed by atoms with E-state index in [0.29, 0.717) is 0 Å². The van der Waals surface area contributed by atoms with Crippen molar-refractivity contribution in [2.24, 2.45) is 0 Å². The molecule has 0 rings (SSSR count). The molecule has 3 heteroatoms. The Bertz CT molecular complexity index is 150. The van der Waals surface area contributed by atoms with Crippen molar-refractivity contribution < 1.29 is 9.22 Å². The number of carbonyl (C=O) groups is 1. The average molecular weight is 158 g/mol. The van der Waals surface area contributed by atoms with Crippen molar-refractivity contribution >= 4 is 14.8 Å². The molecule has 0 saturated heterocycles. The van der Waals surface area contributed by atoms with Gasteiger partial charge in [-0.25, -0.2) is 0 Å². The minimum atomic E-state index is -1.01. The molecule has 0 saturated carbocycles. The molecule has 0 aliphatic heterocycles. The van der Waals surface area contributed by atoms with Crippen LogP contribution in [0, 0.1) is 0 Å². The fraction of sp³-hybridized carbons (Fsp3) is 0.571. The van der Waals surface area contributed by atoms with Crippen LogP contribution in [0.4, 0.5) is 0 Å².